The number of nitrogens with zero attached hydrogens (tertiary/aromatic N) is 2. The minimum Gasteiger partial charge on any atom is -0.328 e. The third-order valence-corrected chi connectivity index (χ3v) is 4.91. The zero-order valence-electron chi connectivity index (χ0n) is 13.9. The van der Waals surface area contributed by atoms with E-state index in [1.54, 1.807) is 0 Å². The van der Waals surface area contributed by atoms with E-state index in [9.17, 15) is 0 Å². The van der Waals surface area contributed by atoms with Gasteiger partial charge in [-0.15, -0.1) is 0 Å². The minimum absolute atomic E-state index is 0.0515. The molecule has 0 saturated carbocycles. The molecule has 0 saturated heterocycles. The van der Waals surface area contributed by atoms with Crippen LogP contribution >= 0.6 is 0 Å². The Bertz CT molecular complexity index is 444. The number of rotatable bonds is 7. The first kappa shape index (κ1) is 16.5. The van der Waals surface area contributed by atoms with Crippen LogP contribution < -0.4 is 5.73 Å². The topological polar surface area (TPSA) is 32.5 Å². The van der Waals surface area contributed by atoms with Gasteiger partial charge in [-0.05, 0) is 64.0 Å². The number of hydrogen-bond acceptors (Lipinski definition) is 3. The van der Waals surface area contributed by atoms with Gasteiger partial charge in [-0.2, -0.15) is 0 Å². The standard InChI is InChI=1S/C18H31N3/c1-4-21(14-8-13-20(2)3)18(15-19)12-7-10-16-9-5-6-11-17(16)18/h5-6,9,11H,4,7-8,10,12-15,19H2,1-3H3. The first-order chi connectivity index (χ1) is 10.1. The van der Waals surface area contributed by atoms with Crippen LogP contribution in [-0.2, 0) is 12.0 Å². The number of likely N-dealkylation sites (N-methyl/N-ethyl adjacent to an activating group) is 1. The molecule has 0 amide bonds. The van der Waals surface area contributed by atoms with Crippen LogP contribution in [0.3, 0.4) is 0 Å². The molecule has 2 rings (SSSR count). The molecule has 1 unspecified atom stereocenters. The van der Waals surface area contributed by atoms with E-state index in [1.165, 1.54) is 36.8 Å². The van der Waals surface area contributed by atoms with Crippen molar-refractivity contribution in [3.63, 3.8) is 0 Å². The Labute approximate surface area is 130 Å². The molecule has 1 aromatic carbocycles. The third-order valence-electron chi connectivity index (χ3n) is 4.91. The molecule has 0 radical (unpaired) electrons. The van der Waals surface area contributed by atoms with E-state index >= 15 is 0 Å². The van der Waals surface area contributed by atoms with E-state index in [4.69, 9.17) is 5.73 Å². The van der Waals surface area contributed by atoms with E-state index in [0.29, 0.717) is 0 Å². The summed E-state index contributed by atoms with van der Waals surface area (Å²) in [6.07, 6.45) is 4.84. The molecule has 3 nitrogen and oxygen atoms in total. The average Bonchev–Trinajstić information content (AvgIpc) is 2.51. The molecule has 0 aromatic heterocycles. The van der Waals surface area contributed by atoms with Crippen molar-refractivity contribution in [3.8, 4) is 0 Å². The van der Waals surface area contributed by atoms with Crippen molar-refractivity contribution in [3.05, 3.63) is 35.4 Å². The fourth-order valence-electron chi connectivity index (χ4n) is 3.82. The molecule has 0 aliphatic heterocycles. The Morgan fingerprint density at radius 1 is 1.19 bits per heavy atom. The summed E-state index contributed by atoms with van der Waals surface area (Å²) in [5, 5.41) is 0. The van der Waals surface area contributed by atoms with Gasteiger partial charge >= 0.3 is 0 Å². The van der Waals surface area contributed by atoms with E-state index in [1.807, 2.05) is 0 Å². The maximum Gasteiger partial charge on any atom is 0.0586 e. The van der Waals surface area contributed by atoms with Gasteiger partial charge in [0.25, 0.3) is 0 Å². The maximum atomic E-state index is 6.31. The highest BCUT2D eigenvalue weighted by molar-refractivity contribution is 5.36. The van der Waals surface area contributed by atoms with E-state index in [-0.39, 0.29) is 5.54 Å². The smallest absolute Gasteiger partial charge is 0.0586 e. The molecule has 3 heteroatoms. The molecule has 1 aliphatic rings. The molecule has 118 valence electrons. The fourth-order valence-corrected chi connectivity index (χ4v) is 3.82. The van der Waals surface area contributed by atoms with Gasteiger partial charge in [-0.3, -0.25) is 4.90 Å². The normalized spacial score (nSPS) is 21.8. The van der Waals surface area contributed by atoms with Crippen molar-refractivity contribution in [1.82, 2.24) is 9.80 Å². The van der Waals surface area contributed by atoms with E-state index in [0.717, 1.165) is 26.2 Å². The highest BCUT2D eigenvalue weighted by Gasteiger charge is 2.39. The van der Waals surface area contributed by atoms with Gasteiger partial charge in [-0.1, -0.05) is 31.2 Å². The van der Waals surface area contributed by atoms with Crippen molar-refractivity contribution >= 4 is 0 Å². The van der Waals surface area contributed by atoms with Crippen LogP contribution in [0.25, 0.3) is 0 Å². The summed E-state index contributed by atoms with van der Waals surface area (Å²) in [7, 11) is 4.29. The highest BCUT2D eigenvalue weighted by Crippen LogP contribution is 2.39. The molecule has 21 heavy (non-hydrogen) atoms. The maximum absolute atomic E-state index is 6.31. The summed E-state index contributed by atoms with van der Waals surface area (Å²) in [5.74, 6) is 0. The van der Waals surface area contributed by atoms with Gasteiger partial charge in [0.05, 0.1) is 5.54 Å². The molecular formula is C18H31N3. The van der Waals surface area contributed by atoms with E-state index in [2.05, 4.69) is 55.1 Å². The lowest BCUT2D eigenvalue weighted by Gasteiger charge is -2.47. The molecule has 1 aromatic rings. The summed E-state index contributed by atoms with van der Waals surface area (Å²) in [5.41, 5.74) is 9.34. The number of fused-ring (bicyclic) bond motifs is 1. The Morgan fingerprint density at radius 2 is 1.95 bits per heavy atom. The summed E-state index contributed by atoms with van der Waals surface area (Å²) in [4.78, 5) is 4.88. The second kappa shape index (κ2) is 7.39. The van der Waals surface area contributed by atoms with Crippen molar-refractivity contribution in [2.45, 2.75) is 38.1 Å². The molecule has 0 fully saturated rings. The Kier molecular flexibility index (Phi) is 5.80. The largest absolute Gasteiger partial charge is 0.328 e. The lowest BCUT2D eigenvalue weighted by molar-refractivity contribution is 0.0760. The molecule has 0 spiro atoms. The second-order valence-corrected chi connectivity index (χ2v) is 6.48. The Hall–Kier alpha value is -0.900. The fraction of sp³-hybridized carbons (Fsp3) is 0.667. The lowest BCUT2D eigenvalue weighted by atomic mass is 9.75. The highest BCUT2D eigenvalue weighted by atomic mass is 15.2. The average molecular weight is 289 g/mol. The summed E-state index contributed by atoms with van der Waals surface area (Å²) >= 11 is 0. The first-order valence-corrected chi connectivity index (χ1v) is 8.32. The van der Waals surface area contributed by atoms with Crippen LogP contribution in [-0.4, -0.2) is 50.1 Å². The lowest BCUT2D eigenvalue weighted by Crippen LogP contribution is -2.53. The molecule has 0 heterocycles. The first-order valence-electron chi connectivity index (χ1n) is 8.32. The minimum atomic E-state index is 0.0515. The van der Waals surface area contributed by atoms with Crippen molar-refractivity contribution in [1.29, 1.82) is 0 Å². The van der Waals surface area contributed by atoms with Crippen molar-refractivity contribution < 1.29 is 0 Å². The van der Waals surface area contributed by atoms with Crippen LogP contribution in [0.1, 0.15) is 37.3 Å². The number of nitrogens with two attached hydrogens (primary N) is 1. The predicted molar refractivity (Wildman–Crippen MR) is 90.5 cm³/mol. The number of hydrogen-bond donors (Lipinski definition) is 1. The zero-order chi connectivity index (χ0) is 15.3. The van der Waals surface area contributed by atoms with Crippen LogP contribution in [0, 0.1) is 0 Å². The van der Waals surface area contributed by atoms with Crippen molar-refractivity contribution in [2.24, 2.45) is 5.73 Å². The van der Waals surface area contributed by atoms with Crippen molar-refractivity contribution in [2.75, 3.05) is 40.3 Å². The van der Waals surface area contributed by atoms with Gasteiger partial charge in [-0.25, -0.2) is 0 Å². The van der Waals surface area contributed by atoms with Gasteiger partial charge in [0.1, 0.15) is 0 Å². The van der Waals surface area contributed by atoms with Gasteiger partial charge < -0.3 is 10.6 Å². The molecular weight excluding hydrogens is 258 g/mol. The van der Waals surface area contributed by atoms with Crippen LogP contribution in [0.5, 0.6) is 0 Å². The van der Waals surface area contributed by atoms with Crippen LogP contribution in [0.2, 0.25) is 0 Å². The van der Waals surface area contributed by atoms with Crippen LogP contribution in [0.15, 0.2) is 24.3 Å². The van der Waals surface area contributed by atoms with E-state index < -0.39 is 0 Å². The van der Waals surface area contributed by atoms with Crippen LogP contribution in [0.4, 0.5) is 0 Å². The quantitative estimate of drug-likeness (QED) is 0.837. The summed E-state index contributed by atoms with van der Waals surface area (Å²) in [6.45, 7) is 6.32. The van der Waals surface area contributed by atoms with Gasteiger partial charge in [0.2, 0.25) is 0 Å². The zero-order valence-corrected chi connectivity index (χ0v) is 13.9. The van der Waals surface area contributed by atoms with Gasteiger partial charge in [0, 0.05) is 13.1 Å². The second-order valence-electron chi connectivity index (χ2n) is 6.48. The molecule has 0 bridgehead atoms. The summed E-state index contributed by atoms with van der Waals surface area (Å²) in [6, 6.07) is 8.92. The summed E-state index contributed by atoms with van der Waals surface area (Å²) < 4.78 is 0. The monoisotopic (exact) mass is 289 g/mol. The Balaban J connectivity index is 2.23. The third kappa shape index (κ3) is 3.47. The SMILES string of the molecule is CCN(CCCN(C)C)C1(CN)CCCc2ccccc21. The Morgan fingerprint density at radius 3 is 2.62 bits per heavy atom. The predicted octanol–water partition coefficient (Wildman–Crippen LogP) is 2.45. The molecule has 1 atom stereocenters. The molecule has 2 N–H and O–H groups in total. The number of benzene rings is 1. The molecule has 1 aliphatic carbocycles. The van der Waals surface area contributed by atoms with Gasteiger partial charge in [0.15, 0.2) is 0 Å². The number of aryl methyl sites for hydroxylation is 1.